The van der Waals surface area contributed by atoms with Crippen LogP contribution in [0.25, 0.3) is 11.2 Å². The number of fused-ring (bicyclic) bond motifs is 3. The van der Waals surface area contributed by atoms with Crippen molar-refractivity contribution in [1.29, 1.82) is 0 Å². The van der Waals surface area contributed by atoms with Crippen molar-refractivity contribution in [2.45, 2.75) is 60.4 Å². The molecule has 1 aromatic carbocycles. The number of hydrogen-bond acceptors (Lipinski definition) is 8. The van der Waals surface area contributed by atoms with Gasteiger partial charge in [-0.2, -0.15) is 0 Å². The Hall–Kier alpha value is -2.04. The summed E-state index contributed by atoms with van der Waals surface area (Å²) in [4.78, 5) is 17.3. The molecular formula is C21H21BrN6O2S. The average molecular weight is 501 g/mol. The Morgan fingerprint density at radius 2 is 2.06 bits per heavy atom. The number of nitrogens with zero attached hydrogens (tertiary/aromatic N) is 5. The van der Waals surface area contributed by atoms with Gasteiger partial charge in [0.25, 0.3) is 0 Å². The van der Waals surface area contributed by atoms with Crippen LogP contribution < -0.4 is 15.2 Å². The highest BCUT2D eigenvalue weighted by Crippen LogP contribution is 2.56. The van der Waals surface area contributed by atoms with Crippen LogP contribution in [0.1, 0.15) is 25.7 Å². The molecule has 160 valence electrons. The van der Waals surface area contributed by atoms with E-state index < -0.39 is 0 Å². The minimum Gasteiger partial charge on any atom is -0.454 e. The third-order valence-corrected chi connectivity index (χ3v) is 9.15. The molecule has 0 bridgehead atoms. The molecule has 0 saturated carbocycles. The first-order chi connectivity index (χ1) is 15.2. The molecule has 3 saturated heterocycles. The number of ether oxygens (including phenoxy) is 2. The standard InChI is InChI=1S/C21H21BrN6O2S/c22-12-6-14-15(30-9-29-14)7-16(12)31-21-26-17-19(23)24-8-25-20(17)27(21)4-3-10-5-11-1-2-13-18(10)28(11)13/h6-8,10-11,13,18H,1-5,9H2,(H2,23,24,25)/t10-,11+,13-,18?,28?/m0/s1. The van der Waals surface area contributed by atoms with E-state index in [4.69, 9.17) is 20.2 Å². The minimum atomic E-state index is 0.252. The number of aryl methyl sites for hydroxylation is 1. The van der Waals surface area contributed by atoms with Crippen LogP contribution in [0.5, 0.6) is 11.5 Å². The van der Waals surface area contributed by atoms with E-state index in [0.29, 0.717) is 11.3 Å². The van der Waals surface area contributed by atoms with E-state index in [2.05, 4.69) is 35.4 Å². The third-order valence-electron chi connectivity index (χ3n) is 7.18. The fourth-order valence-corrected chi connectivity index (χ4v) is 7.33. The molecule has 0 aliphatic carbocycles. The number of rotatable bonds is 5. The molecule has 7 rings (SSSR count). The second kappa shape index (κ2) is 6.73. The van der Waals surface area contributed by atoms with Crippen molar-refractivity contribution in [3.8, 4) is 11.5 Å². The van der Waals surface area contributed by atoms with Gasteiger partial charge in [-0.15, -0.1) is 0 Å². The smallest absolute Gasteiger partial charge is 0.231 e. The summed E-state index contributed by atoms with van der Waals surface area (Å²) in [5.74, 6) is 2.69. The number of aromatic nitrogens is 4. The molecule has 3 aromatic rings. The van der Waals surface area contributed by atoms with Gasteiger partial charge in [-0.05, 0) is 59.7 Å². The van der Waals surface area contributed by atoms with E-state index in [1.54, 1.807) is 11.8 Å². The van der Waals surface area contributed by atoms with Crippen LogP contribution in [0.4, 0.5) is 5.82 Å². The first-order valence-corrected chi connectivity index (χ1v) is 12.3. The first kappa shape index (κ1) is 18.5. The molecule has 31 heavy (non-hydrogen) atoms. The zero-order chi connectivity index (χ0) is 20.7. The number of piperidine rings is 2. The monoisotopic (exact) mass is 500 g/mol. The van der Waals surface area contributed by atoms with Crippen LogP contribution in [0.2, 0.25) is 0 Å². The summed E-state index contributed by atoms with van der Waals surface area (Å²) in [6.07, 6.45) is 6.78. The molecule has 6 heterocycles. The highest BCUT2D eigenvalue weighted by molar-refractivity contribution is 9.10. The van der Waals surface area contributed by atoms with Gasteiger partial charge in [0.2, 0.25) is 6.79 Å². The lowest BCUT2D eigenvalue weighted by atomic mass is 9.96. The minimum absolute atomic E-state index is 0.252. The SMILES string of the molecule is Nc1ncnc2c1nc(Sc1cc3c(cc1Br)OCO3)n2CC[C@H]1C[C@H]2CC[C@H]3C1N23. The molecule has 0 amide bonds. The van der Waals surface area contributed by atoms with Crippen molar-refractivity contribution in [2.75, 3.05) is 12.5 Å². The lowest BCUT2D eigenvalue weighted by molar-refractivity contribution is 0.174. The lowest BCUT2D eigenvalue weighted by Gasteiger charge is -2.14. The van der Waals surface area contributed by atoms with Gasteiger partial charge in [0.05, 0.1) is 0 Å². The number of nitrogen functional groups attached to an aromatic ring is 1. The average Bonchev–Trinajstić information content (AvgIpc) is 3.12. The van der Waals surface area contributed by atoms with Crippen LogP contribution >= 0.6 is 27.7 Å². The lowest BCUT2D eigenvalue weighted by Crippen LogP contribution is -2.13. The molecular weight excluding hydrogens is 480 g/mol. The van der Waals surface area contributed by atoms with Crippen molar-refractivity contribution in [3.63, 3.8) is 0 Å². The normalized spacial score (nSPS) is 29.6. The van der Waals surface area contributed by atoms with Gasteiger partial charge in [-0.25, -0.2) is 15.0 Å². The van der Waals surface area contributed by atoms with Crippen molar-refractivity contribution in [3.05, 3.63) is 22.9 Å². The molecule has 3 fully saturated rings. The molecule has 2 N–H and O–H groups in total. The van der Waals surface area contributed by atoms with Gasteiger partial charge < -0.3 is 19.8 Å². The molecule has 0 radical (unpaired) electrons. The second-order valence-electron chi connectivity index (χ2n) is 8.74. The Bertz CT molecular complexity index is 1220. The van der Waals surface area contributed by atoms with Gasteiger partial charge in [-0.1, -0.05) is 11.8 Å². The molecule has 8 nitrogen and oxygen atoms in total. The number of nitrogens with two attached hydrogens (primary N) is 1. The van der Waals surface area contributed by atoms with Crippen LogP contribution in [0.3, 0.4) is 0 Å². The molecule has 5 atom stereocenters. The maximum atomic E-state index is 6.14. The van der Waals surface area contributed by atoms with Gasteiger partial charge in [0, 0.05) is 34.0 Å². The number of halogens is 1. The van der Waals surface area contributed by atoms with Crippen LogP contribution in [0, 0.1) is 5.92 Å². The van der Waals surface area contributed by atoms with E-state index in [1.807, 2.05) is 12.1 Å². The fourth-order valence-electron chi connectivity index (χ4n) is 5.82. The van der Waals surface area contributed by atoms with E-state index in [0.717, 1.165) is 68.7 Å². The van der Waals surface area contributed by atoms with Crippen LogP contribution in [0.15, 0.2) is 33.0 Å². The summed E-state index contributed by atoms with van der Waals surface area (Å²) in [7, 11) is 0. The van der Waals surface area contributed by atoms with E-state index in [1.165, 1.54) is 25.6 Å². The number of benzene rings is 1. The molecule has 2 unspecified atom stereocenters. The summed E-state index contributed by atoms with van der Waals surface area (Å²) in [5.41, 5.74) is 7.61. The van der Waals surface area contributed by atoms with Crippen LogP contribution in [-0.4, -0.2) is 49.3 Å². The highest BCUT2D eigenvalue weighted by atomic mass is 79.9. The molecule has 2 aromatic heterocycles. The van der Waals surface area contributed by atoms with E-state index in [9.17, 15) is 0 Å². The van der Waals surface area contributed by atoms with E-state index >= 15 is 0 Å². The molecule has 10 heteroatoms. The summed E-state index contributed by atoms with van der Waals surface area (Å²) >= 11 is 5.25. The number of anilines is 1. The van der Waals surface area contributed by atoms with Crippen LogP contribution in [-0.2, 0) is 6.54 Å². The maximum Gasteiger partial charge on any atom is 0.231 e. The summed E-state index contributed by atoms with van der Waals surface area (Å²) in [6.45, 7) is 1.13. The van der Waals surface area contributed by atoms with Crippen molar-refractivity contribution < 1.29 is 9.47 Å². The third kappa shape index (κ3) is 2.81. The topological polar surface area (TPSA) is 91.1 Å². The zero-order valence-corrected chi connectivity index (χ0v) is 19.1. The van der Waals surface area contributed by atoms with Gasteiger partial charge in [-0.3, -0.25) is 4.90 Å². The Kier molecular flexibility index (Phi) is 4.02. The number of imidazole rings is 1. The maximum absolute atomic E-state index is 6.14. The zero-order valence-electron chi connectivity index (χ0n) is 16.7. The van der Waals surface area contributed by atoms with Gasteiger partial charge in [0.1, 0.15) is 6.33 Å². The Morgan fingerprint density at radius 1 is 1.19 bits per heavy atom. The second-order valence-corrected chi connectivity index (χ2v) is 10.6. The molecule has 4 aliphatic heterocycles. The Morgan fingerprint density at radius 3 is 2.90 bits per heavy atom. The molecule has 0 spiro atoms. The largest absolute Gasteiger partial charge is 0.454 e. The van der Waals surface area contributed by atoms with Gasteiger partial charge >= 0.3 is 0 Å². The van der Waals surface area contributed by atoms with Crippen molar-refractivity contribution in [1.82, 2.24) is 24.4 Å². The summed E-state index contributed by atoms with van der Waals surface area (Å²) in [5, 5.41) is 0.871. The van der Waals surface area contributed by atoms with Crippen molar-refractivity contribution in [2.24, 2.45) is 5.92 Å². The molecule has 4 aliphatic rings. The van der Waals surface area contributed by atoms with Crippen molar-refractivity contribution >= 4 is 44.7 Å². The Labute approximate surface area is 191 Å². The number of hydrogen-bond donors (Lipinski definition) is 1. The van der Waals surface area contributed by atoms with Gasteiger partial charge in [0.15, 0.2) is 33.6 Å². The Balaban J connectivity index is 1.22. The summed E-state index contributed by atoms with van der Waals surface area (Å²) < 4.78 is 14.2. The fraction of sp³-hybridized carbons (Fsp3) is 0.476. The predicted octanol–water partition coefficient (Wildman–Crippen LogP) is 3.68. The quantitative estimate of drug-likeness (QED) is 0.530. The predicted molar refractivity (Wildman–Crippen MR) is 119 cm³/mol. The summed E-state index contributed by atoms with van der Waals surface area (Å²) in [6, 6.07) is 6.44. The highest BCUT2D eigenvalue weighted by Gasteiger charge is 2.63. The first-order valence-electron chi connectivity index (χ1n) is 10.7. The van der Waals surface area contributed by atoms with E-state index in [-0.39, 0.29) is 6.79 Å².